The molecule has 9 nitrogen and oxygen atoms in total. The highest BCUT2D eigenvalue weighted by Crippen LogP contribution is 2.36. The Morgan fingerprint density at radius 2 is 1.69 bits per heavy atom. The summed E-state index contributed by atoms with van der Waals surface area (Å²) in [6, 6.07) is 5.91. The molecule has 0 saturated carbocycles. The highest BCUT2D eigenvalue weighted by atomic mass is 32.2. The van der Waals surface area contributed by atoms with E-state index in [1.807, 2.05) is 16.7 Å². The number of carbonyl (C=O) groups is 1. The van der Waals surface area contributed by atoms with E-state index < -0.39 is 21.8 Å². The Kier molecular flexibility index (Phi) is 8.82. The standard InChI is InChI=1S/C29H39F3N6O3S/c1-20-26(28(39)37-15-10-25(11-16-37)36-13-8-24(9-14-36)35(2)42(3,40)41)33-19-34-27(20)38-12-7-22(18-38)21-5-4-6-23(17-21)29(30,31)32/h4-6,17,19,22,24-25H,7-16,18H2,1-3H3. The van der Waals surface area contributed by atoms with Gasteiger partial charge in [0.25, 0.3) is 5.91 Å². The van der Waals surface area contributed by atoms with Gasteiger partial charge in [0.05, 0.1) is 11.8 Å². The molecule has 0 N–H and O–H groups in total. The fraction of sp³-hybridized carbons (Fsp3) is 0.621. The summed E-state index contributed by atoms with van der Waals surface area (Å²) in [5.41, 5.74) is 1.07. The normalized spacial score (nSPS) is 21.8. The van der Waals surface area contributed by atoms with Crippen LogP contribution in [0.25, 0.3) is 0 Å². The van der Waals surface area contributed by atoms with E-state index in [9.17, 15) is 26.4 Å². The van der Waals surface area contributed by atoms with Crippen molar-refractivity contribution in [3.05, 3.63) is 53.0 Å². The molecule has 3 aliphatic heterocycles. The molecule has 0 bridgehead atoms. The first kappa shape index (κ1) is 30.7. The molecular weight excluding hydrogens is 569 g/mol. The minimum absolute atomic E-state index is 0.0313. The summed E-state index contributed by atoms with van der Waals surface area (Å²) in [7, 11) is -1.55. The first-order chi connectivity index (χ1) is 19.8. The van der Waals surface area contributed by atoms with Crippen molar-refractivity contribution < 1.29 is 26.4 Å². The number of rotatable bonds is 6. The fourth-order valence-electron chi connectivity index (χ4n) is 6.64. The molecule has 1 aromatic carbocycles. The average Bonchev–Trinajstić information content (AvgIpc) is 3.46. The van der Waals surface area contributed by atoms with Crippen LogP contribution in [0.1, 0.15) is 65.2 Å². The summed E-state index contributed by atoms with van der Waals surface area (Å²) in [4.78, 5) is 28.6. The second-order valence-corrected chi connectivity index (χ2v) is 13.8. The number of amides is 1. The molecule has 3 fully saturated rings. The number of benzene rings is 1. The minimum Gasteiger partial charge on any atom is -0.356 e. The van der Waals surface area contributed by atoms with Gasteiger partial charge in [-0.3, -0.25) is 4.79 Å². The number of halogens is 3. The predicted molar refractivity (Wildman–Crippen MR) is 154 cm³/mol. The number of nitrogens with zero attached hydrogens (tertiary/aromatic N) is 6. The lowest BCUT2D eigenvalue weighted by Crippen LogP contribution is -2.52. The van der Waals surface area contributed by atoms with Gasteiger partial charge < -0.3 is 14.7 Å². The summed E-state index contributed by atoms with van der Waals surface area (Å²) in [5.74, 6) is 0.466. The zero-order valence-electron chi connectivity index (χ0n) is 24.3. The van der Waals surface area contributed by atoms with Crippen molar-refractivity contribution in [1.29, 1.82) is 0 Å². The Morgan fingerprint density at radius 1 is 1.00 bits per heavy atom. The molecule has 230 valence electrons. The lowest BCUT2D eigenvalue weighted by atomic mass is 9.96. The van der Waals surface area contributed by atoms with Crippen LogP contribution >= 0.6 is 0 Å². The molecular formula is C29H39F3N6O3S. The third kappa shape index (κ3) is 6.57. The van der Waals surface area contributed by atoms with Crippen molar-refractivity contribution in [3.63, 3.8) is 0 Å². The van der Waals surface area contributed by atoms with Crippen molar-refractivity contribution >= 4 is 21.7 Å². The molecule has 0 aliphatic carbocycles. The van der Waals surface area contributed by atoms with Crippen LogP contribution in [0.15, 0.2) is 30.6 Å². The molecule has 3 saturated heterocycles. The summed E-state index contributed by atoms with van der Waals surface area (Å²) in [6.45, 7) is 5.91. The number of carbonyl (C=O) groups excluding carboxylic acids is 1. The summed E-state index contributed by atoms with van der Waals surface area (Å²) in [5, 5.41) is 0. The topological polar surface area (TPSA) is 90.0 Å². The van der Waals surface area contributed by atoms with Crippen molar-refractivity contribution in [2.24, 2.45) is 0 Å². The van der Waals surface area contributed by atoms with Gasteiger partial charge >= 0.3 is 6.18 Å². The number of aromatic nitrogens is 2. The summed E-state index contributed by atoms with van der Waals surface area (Å²) in [6.07, 6.45) is 2.26. The summed E-state index contributed by atoms with van der Waals surface area (Å²) >= 11 is 0. The van der Waals surface area contributed by atoms with Gasteiger partial charge in [-0.1, -0.05) is 18.2 Å². The van der Waals surface area contributed by atoms with Crippen LogP contribution < -0.4 is 4.90 Å². The zero-order chi connectivity index (χ0) is 30.2. The Balaban J connectivity index is 1.18. The zero-order valence-corrected chi connectivity index (χ0v) is 25.2. The number of likely N-dealkylation sites (tertiary alicyclic amines) is 2. The Labute approximate surface area is 245 Å². The van der Waals surface area contributed by atoms with Crippen LogP contribution in [0.5, 0.6) is 0 Å². The van der Waals surface area contributed by atoms with E-state index in [0.717, 1.165) is 44.8 Å². The van der Waals surface area contributed by atoms with E-state index >= 15 is 0 Å². The number of anilines is 1. The van der Waals surface area contributed by atoms with Gasteiger partial charge in [-0.25, -0.2) is 22.7 Å². The molecule has 1 amide bonds. The molecule has 5 rings (SSSR count). The highest BCUT2D eigenvalue weighted by Gasteiger charge is 2.35. The maximum Gasteiger partial charge on any atom is 0.416 e. The number of sulfonamides is 1. The SMILES string of the molecule is Cc1c(C(=O)N2CCC(N3CCC(N(C)S(C)(=O)=O)CC3)CC2)ncnc1N1CCC(c2cccc(C(F)(F)F)c2)C1. The highest BCUT2D eigenvalue weighted by molar-refractivity contribution is 7.88. The smallest absolute Gasteiger partial charge is 0.356 e. The Morgan fingerprint density at radius 3 is 2.33 bits per heavy atom. The molecule has 1 atom stereocenters. The molecule has 42 heavy (non-hydrogen) atoms. The first-order valence-electron chi connectivity index (χ1n) is 14.5. The number of piperidine rings is 2. The molecule has 1 aromatic heterocycles. The van der Waals surface area contributed by atoms with E-state index in [2.05, 4.69) is 14.9 Å². The maximum atomic E-state index is 13.5. The van der Waals surface area contributed by atoms with Gasteiger partial charge in [-0.05, 0) is 63.7 Å². The van der Waals surface area contributed by atoms with E-state index in [-0.39, 0.29) is 17.9 Å². The number of alkyl halides is 3. The molecule has 13 heteroatoms. The third-order valence-corrected chi connectivity index (χ3v) is 10.6. The minimum atomic E-state index is -4.38. The Hall–Kier alpha value is -2.77. The van der Waals surface area contributed by atoms with Crippen LogP contribution in [0.3, 0.4) is 0 Å². The molecule has 0 radical (unpaired) electrons. The van der Waals surface area contributed by atoms with Crippen molar-refractivity contribution in [2.45, 2.75) is 63.2 Å². The third-order valence-electron chi connectivity index (χ3n) is 9.24. The van der Waals surface area contributed by atoms with Crippen LogP contribution in [-0.2, 0) is 16.2 Å². The maximum absolute atomic E-state index is 13.5. The van der Waals surface area contributed by atoms with Gasteiger partial charge in [0.1, 0.15) is 17.8 Å². The monoisotopic (exact) mass is 608 g/mol. The fourth-order valence-corrected chi connectivity index (χ4v) is 7.39. The second kappa shape index (κ2) is 12.1. The molecule has 3 aliphatic rings. The molecule has 1 unspecified atom stereocenters. The number of hydrogen-bond acceptors (Lipinski definition) is 7. The van der Waals surface area contributed by atoms with E-state index in [0.29, 0.717) is 61.3 Å². The van der Waals surface area contributed by atoms with E-state index in [4.69, 9.17) is 0 Å². The van der Waals surface area contributed by atoms with Crippen LogP contribution in [0, 0.1) is 6.92 Å². The van der Waals surface area contributed by atoms with Crippen LogP contribution in [0.4, 0.5) is 19.0 Å². The quantitative estimate of drug-likeness (QED) is 0.494. The van der Waals surface area contributed by atoms with Gasteiger partial charge in [-0.15, -0.1) is 0 Å². The van der Waals surface area contributed by atoms with Gasteiger partial charge in [-0.2, -0.15) is 13.2 Å². The second-order valence-electron chi connectivity index (χ2n) is 11.8. The van der Waals surface area contributed by atoms with Gasteiger partial charge in [0, 0.05) is 56.8 Å². The average molecular weight is 609 g/mol. The van der Waals surface area contributed by atoms with Crippen LogP contribution in [-0.4, -0.2) is 103 Å². The summed E-state index contributed by atoms with van der Waals surface area (Å²) < 4.78 is 65.0. The van der Waals surface area contributed by atoms with Crippen molar-refractivity contribution in [2.75, 3.05) is 57.5 Å². The number of hydrogen-bond donors (Lipinski definition) is 0. The first-order valence-corrected chi connectivity index (χ1v) is 16.4. The predicted octanol–water partition coefficient (Wildman–Crippen LogP) is 3.76. The van der Waals surface area contributed by atoms with Crippen molar-refractivity contribution in [1.82, 2.24) is 24.1 Å². The lowest BCUT2D eigenvalue weighted by molar-refractivity contribution is -0.137. The lowest BCUT2D eigenvalue weighted by Gasteiger charge is -2.43. The molecule has 4 heterocycles. The van der Waals surface area contributed by atoms with Gasteiger partial charge in [0.2, 0.25) is 10.0 Å². The van der Waals surface area contributed by atoms with Crippen molar-refractivity contribution in [3.8, 4) is 0 Å². The van der Waals surface area contributed by atoms with Crippen LogP contribution in [0.2, 0.25) is 0 Å². The van der Waals surface area contributed by atoms with Gasteiger partial charge in [0.15, 0.2) is 0 Å². The largest absolute Gasteiger partial charge is 0.416 e. The molecule has 0 spiro atoms. The van der Waals surface area contributed by atoms with E-state index in [1.165, 1.54) is 29.0 Å². The van der Waals surface area contributed by atoms with E-state index in [1.54, 1.807) is 13.1 Å². The Bertz CT molecular complexity index is 1390. The molecule has 2 aromatic rings.